The van der Waals surface area contributed by atoms with E-state index in [0.717, 1.165) is 28.6 Å². The molecule has 0 spiro atoms. The largest absolute Gasteiger partial charge is 0.466 e. The monoisotopic (exact) mass is 219 g/mol. The molecule has 0 saturated heterocycles. The summed E-state index contributed by atoms with van der Waals surface area (Å²) in [4.78, 5) is 7.62. The van der Waals surface area contributed by atoms with E-state index in [-0.39, 0.29) is 5.92 Å². The molecular weight excluding hydrogens is 202 g/mol. The first-order valence-electron chi connectivity index (χ1n) is 5.44. The Morgan fingerprint density at radius 3 is 2.81 bits per heavy atom. The minimum Gasteiger partial charge on any atom is -0.466 e. The fourth-order valence-corrected chi connectivity index (χ4v) is 1.73. The lowest BCUT2D eigenvalue weighted by molar-refractivity contribution is 0.505. The van der Waals surface area contributed by atoms with Crippen LogP contribution in [-0.4, -0.2) is 16.5 Å². The minimum atomic E-state index is 0.252. The lowest BCUT2D eigenvalue weighted by Gasteiger charge is -2.02. The van der Waals surface area contributed by atoms with Gasteiger partial charge in [-0.3, -0.25) is 0 Å². The standard InChI is InChI=1S/C12H17N3O/c1-7(5-13)12-14-6-11(15-12)10-4-8(2)16-9(10)3/h4,6-7H,5,13H2,1-3H3,(H,14,15). The Morgan fingerprint density at radius 1 is 1.50 bits per heavy atom. The molecule has 2 heterocycles. The Kier molecular flexibility index (Phi) is 2.83. The fraction of sp³-hybridized carbons (Fsp3) is 0.417. The molecule has 0 radical (unpaired) electrons. The number of nitrogens with two attached hydrogens (primary N) is 1. The van der Waals surface area contributed by atoms with Crippen LogP contribution in [0.2, 0.25) is 0 Å². The van der Waals surface area contributed by atoms with Crippen molar-refractivity contribution in [3.05, 3.63) is 29.6 Å². The van der Waals surface area contributed by atoms with Crippen molar-refractivity contribution in [2.75, 3.05) is 6.54 Å². The van der Waals surface area contributed by atoms with Crippen LogP contribution >= 0.6 is 0 Å². The number of hydrogen-bond acceptors (Lipinski definition) is 3. The summed E-state index contributed by atoms with van der Waals surface area (Å²) in [7, 11) is 0. The summed E-state index contributed by atoms with van der Waals surface area (Å²) in [5, 5.41) is 0. The number of aromatic nitrogens is 2. The second-order valence-corrected chi connectivity index (χ2v) is 4.15. The summed E-state index contributed by atoms with van der Waals surface area (Å²) in [5.41, 5.74) is 7.67. The summed E-state index contributed by atoms with van der Waals surface area (Å²) in [6.45, 7) is 6.54. The Balaban J connectivity index is 2.35. The molecule has 0 bridgehead atoms. The van der Waals surface area contributed by atoms with Gasteiger partial charge in [-0.1, -0.05) is 6.92 Å². The van der Waals surface area contributed by atoms with E-state index in [1.165, 1.54) is 0 Å². The molecule has 3 N–H and O–H groups in total. The van der Waals surface area contributed by atoms with E-state index in [9.17, 15) is 0 Å². The number of furan rings is 1. The highest BCUT2D eigenvalue weighted by atomic mass is 16.3. The number of nitrogens with one attached hydrogen (secondary N) is 1. The number of rotatable bonds is 3. The average Bonchev–Trinajstić information content (AvgIpc) is 2.83. The molecule has 0 fully saturated rings. The maximum Gasteiger partial charge on any atom is 0.110 e. The van der Waals surface area contributed by atoms with Gasteiger partial charge < -0.3 is 15.1 Å². The van der Waals surface area contributed by atoms with Crippen molar-refractivity contribution < 1.29 is 4.42 Å². The molecule has 16 heavy (non-hydrogen) atoms. The van der Waals surface area contributed by atoms with E-state index in [2.05, 4.69) is 16.9 Å². The van der Waals surface area contributed by atoms with Crippen molar-refractivity contribution in [2.24, 2.45) is 5.73 Å². The quantitative estimate of drug-likeness (QED) is 0.832. The van der Waals surface area contributed by atoms with Gasteiger partial charge in [0.05, 0.1) is 11.9 Å². The molecule has 0 aliphatic heterocycles. The number of aromatic amines is 1. The lowest BCUT2D eigenvalue weighted by Crippen LogP contribution is -2.10. The molecule has 0 aliphatic rings. The zero-order valence-corrected chi connectivity index (χ0v) is 9.87. The number of aryl methyl sites for hydroxylation is 2. The normalized spacial score (nSPS) is 13.0. The van der Waals surface area contributed by atoms with E-state index < -0.39 is 0 Å². The van der Waals surface area contributed by atoms with Gasteiger partial charge in [0.15, 0.2) is 0 Å². The number of imidazole rings is 1. The van der Waals surface area contributed by atoms with E-state index in [4.69, 9.17) is 10.2 Å². The fourth-order valence-electron chi connectivity index (χ4n) is 1.73. The van der Waals surface area contributed by atoms with Gasteiger partial charge in [-0.05, 0) is 19.9 Å². The third kappa shape index (κ3) is 1.88. The number of nitrogens with zero attached hydrogens (tertiary/aromatic N) is 1. The Hall–Kier alpha value is -1.55. The number of hydrogen-bond donors (Lipinski definition) is 2. The predicted octanol–water partition coefficient (Wildman–Crippen LogP) is 2.35. The lowest BCUT2D eigenvalue weighted by atomic mass is 10.2. The Labute approximate surface area is 94.9 Å². The molecule has 86 valence electrons. The average molecular weight is 219 g/mol. The Morgan fingerprint density at radius 2 is 2.25 bits per heavy atom. The van der Waals surface area contributed by atoms with Crippen LogP contribution in [0.4, 0.5) is 0 Å². The molecular formula is C12H17N3O. The summed E-state index contributed by atoms with van der Waals surface area (Å²) in [5.74, 6) is 3.00. The highest BCUT2D eigenvalue weighted by molar-refractivity contribution is 5.61. The van der Waals surface area contributed by atoms with Crippen LogP contribution in [0.3, 0.4) is 0 Å². The molecule has 0 amide bonds. The van der Waals surface area contributed by atoms with Crippen molar-refractivity contribution in [2.45, 2.75) is 26.7 Å². The van der Waals surface area contributed by atoms with Crippen LogP contribution in [0.5, 0.6) is 0 Å². The SMILES string of the molecule is Cc1cc(-c2cnc(C(C)CN)[nH]2)c(C)o1. The van der Waals surface area contributed by atoms with Crippen LogP contribution in [0, 0.1) is 13.8 Å². The molecule has 0 aliphatic carbocycles. The topological polar surface area (TPSA) is 67.8 Å². The molecule has 4 heteroatoms. The van der Waals surface area contributed by atoms with Crippen LogP contribution in [0.25, 0.3) is 11.3 Å². The van der Waals surface area contributed by atoms with Gasteiger partial charge in [-0.15, -0.1) is 0 Å². The highest BCUT2D eigenvalue weighted by Crippen LogP contribution is 2.25. The van der Waals surface area contributed by atoms with Gasteiger partial charge in [-0.25, -0.2) is 4.98 Å². The maximum absolute atomic E-state index is 5.61. The van der Waals surface area contributed by atoms with Crippen LogP contribution < -0.4 is 5.73 Å². The molecule has 2 aromatic heterocycles. The third-order valence-electron chi connectivity index (χ3n) is 2.75. The van der Waals surface area contributed by atoms with Crippen molar-refractivity contribution >= 4 is 0 Å². The molecule has 1 atom stereocenters. The molecule has 2 aromatic rings. The first kappa shape index (κ1) is 11.0. The van der Waals surface area contributed by atoms with Crippen molar-refractivity contribution in [3.63, 3.8) is 0 Å². The molecule has 2 rings (SSSR count). The van der Waals surface area contributed by atoms with E-state index in [0.29, 0.717) is 6.54 Å². The van der Waals surface area contributed by atoms with Gasteiger partial charge in [0.1, 0.15) is 17.3 Å². The first-order valence-corrected chi connectivity index (χ1v) is 5.44. The summed E-state index contributed by atoms with van der Waals surface area (Å²) in [6.07, 6.45) is 1.83. The van der Waals surface area contributed by atoms with Gasteiger partial charge in [0, 0.05) is 18.0 Å². The van der Waals surface area contributed by atoms with Gasteiger partial charge in [0.25, 0.3) is 0 Å². The van der Waals surface area contributed by atoms with E-state index in [1.807, 2.05) is 26.1 Å². The summed E-state index contributed by atoms with van der Waals surface area (Å²) in [6, 6.07) is 2.01. The zero-order chi connectivity index (χ0) is 11.7. The van der Waals surface area contributed by atoms with Crippen LogP contribution in [0.1, 0.15) is 30.2 Å². The summed E-state index contributed by atoms with van der Waals surface area (Å²) < 4.78 is 5.49. The third-order valence-corrected chi connectivity index (χ3v) is 2.75. The second kappa shape index (κ2) is 4.14. The predicted molar refractivity (Wildman–Crippen MR) is 63.2 cm³/mol. The van der Waals surface area contributed by atoms with Crippen LogP contribution in [-0.2, 0) is 0 Å². The van der Waals surface area contributed by atoms with Crippen molar-refractivity contribution in [1.82, 2.24) is 9.97 Å². The smallest absolute Gasteiger partial charge is 0.110 e. The second-order valence-electron chi connectivity index (χ2n) is 4.15. The van der Waals surface area contributed by atoms with Gasteiger partial charge >= 0.3 is 0 Å². The van der Waals surface area contributed by atoms with E-state index in [1.54, 1.807) is 0 Å². The highest BCUT2D eigenvalue weighted by Gasteiger charge is 2.12. The van der Waals surface area contributed by atoms with Crippen LogP contribution in [0.15, 0.2) is 16.7 Å². The Bertz CT molecular complexity index is 484. The first-order chi connectivity index (χ1) is 7.61. The maximum atomic E-state index is 5.61. The summed E-state index contributed by atoms with van der Waals surface area (Å²) >= 11 is 0. The number of H-pyrrole nitrogens is 1. The van der Waals surface area contributed by atoms with Crippen molar-refractivity contribution in [1.29, 1.82) is 0 Å². The van der Waals surface area contributed by atoms with E-state index >= 15 is 0 Å². The molecule has 4 nitrogen and oxygen atoms in total. The van der Waals surface area contributed by atoms with Gasteiger partial charge in [-0.2, -0.15) is 0 Å². The molecule has 0 saturated carbocycles. The molecule has 0 aromatic carbocycles. The molecule has 1 unspecified atom stereocenters. The van der Waals surface area contributed by atoms with Gasteiger partial charge in [0.2, 0.25) is 0 Å². The van der Waals surface area contributed by atoms with Crippen molar-refractivity contribution in [3.8, 4) is 11.3 Å². The zero-order valence-electron chi connectivity index (χ0n) is 9.87. The minimum absolute atomic E-state index is 0.252.